The van der Waals surface area contributed by atoms with Crippen molar-refractivity contribution in [1.29, 1.82) is 0 Å². The molecule has 7 heteroatoms. The topological polar surface area (TPSA) is 30.3 Å². The highest BCUT2D eigenvalue weighted by Gasteiger charge is 2.21. The van der Waals surface area contributed by atoms with Gasteiger partial charge in [0.25, 0.3) is 0 Å². The third-order valence-electron chi connectivity index (χ3n) is 3.72. The molecule has 0 amide bonds. The van der Waals surface area contributed by atoms with Crippen molar-refractivity contribution in [1.82, 2.24) is 14.5 Å². The number of fused-ring (bicyclic) bond motifs is 1. The molecule has 3 rings (SSSR count). The van der Waals surface area contributed by atoms with E-state index in [1.807, 2.05) is 6.07 Å². The van der Waals surface area contributed by atoms with Crippen molar-refractivity contribution < 1.29 is 4.74 Å². The first-order valence-corrected chi connectivity index (χ1v) is 8.08. The summed E-state index contributed by atoms with van der Waals surface area (Å²) in [6, 6.07) is 3.62. The molecule has 2 heterocycles. The van der Waals surface area contributed by atoms with Crippen molar-refractivity contribution in [3.05, 3.63) is 28.0 Å². The number of benzene rings is 1. The molecule has 21 heavy (non-hydrogen) atoms. The summed E-state index contributed by atoms with van der Waals surface area (Å²) in [7, 11) is 2.10. The monoisotopic (exact) mass is 347 g/mol. The molecule has 0 aliphatic carbocycles. The Labute approximate surface area is 138 Å². The molecule has 1 atom stereocenters. The van der Waals surface area contributed by atoms with E-state index in [4.69, 9.17) is 39.5 Å². The first-order valence-electron chi connectivity index (χ1n) is 6.78. The SMILES string of the molecule is CN1CCOC(Cn2c(CCl)nc3cc(Cl)c(Cl)cc32)C1. The molecule has 0 N–H and O–H groups in total. The van der Waals surface area contributed by atoms with Gasteiger partial charge in [-0.3, -0.25) is 0 Å². The summed E-state index contributed by atoms with van der Waals surface area (Å²) in [6.07, 6.45) is 0.123. The number of likely N-dealkylation sites (N-methyl/N-ethyl adjacent to an activating group) is 1. The molecule has 0 saturated carbocycles. The van der Waals surface area contributed by atoms with Gasteiger partial charge in [-0.15, -0.1) is 11.6 Å². The summed E-state index contributed by atoms with van der Waals surface area (Å²) in [6.45, 7) is 3.31. The average molecular weight is 349 g/mol. The van der Waals surface area contributed by atoms with Gasteiger partial charge in [-0.05, 0) is 19.2 Å². The highest BCUT2D eigenvalue weighted by atomic mass is 35.5. The number of aromatic nitrogens is 2. The van der Waals surface area contributed by atoms with E-state index in [2.05, 4.69) is 21.5 Å². The highest BCUT2D eigenvalue weighted by Crippen LogP contribution is 2.29. The summed E-state index contributed by atoms with van der Waals surface area (Å²) in [5.74, 6) is 1.15. The van der Waals surface area contributed by atoms with Gasteiger partial charge in [0.05, 0.1) is 46.2 Å². The number of rotatable bonds is 3. The Morgan fingerprint density at radius 3 is 2.81 bits per heavy atom. The van der Waals surface area contributed by atoms with E-state index >= 15 is 0 Å². The molecular weight excluding hydrogens is 333 g/mol. The van der Waals surface area contributed by atoms with Crippen molar-refractivity contribution in [2.75, 3.05) is 26.7 Å². The van der Waals surface area contributed by atoms with Crippen molar-refractivity contribution in [2.45, 2.75) is 18.5 Å². The third kappa shape index (κ3) is 3.15. The zero-order valence-corrected chi connectivity index (χ0v) is 13.9. The molecule has 0 bridgehead atoms. The molecule has 1 aliphatic rings. The summed E-state index contributed by atoms with van der Waals surface area (Å²) < 4.78 is 7.91. The van der Waals surface area contributed by atoms with Crippen LogP contribution in [0.5, 0.6) is 0 Å². The minimum atomic E-state index is 0.123. The van der Waals surface area contributed by atoms with Crippen molar-refractivity contribution >= 4 is 45.8 Å². The normalized spacial score (nSPS) is 20.3. The fraction of sp³-hybridized carbons (Fsp3) is 0.500. The number of ether oxygens (including phenoxy) is 1. The molecule has 1 fully saturated rings. The van der Waals surface area contributed by atoms with Crippen molar-refractivity contribution in [2.24, 2.45) is 0 Å². The van der Waals surface area contributed by atoms with Crippen LogP contribution in [-0.4, -0.2) is 47.3 Å². The Hall–Kier alpha value is -0.520. The standard InChI is InChI=1S/C14H16Cl3N3O/c1-19-2-3-21-9(7-19)8-20-13-5-11(17)10(16)4-12(13)18-14(20)6-15/h4-5,9H,2-3,6-8H2,1H3. The Morgan fingerprint density at radius 1 is 1.33 bits per heavy atom. The lowest BCUT2D eigenvalue weighted by atomic mass is 10.2. The van der Waals surface area contributed by atoms with E-state index in [1.54, 1.807) is 6.07 Å². The van der Waals surface area contributed by atoms with Gasteiger partial charge in [0, 0.05) is 13.1 Å². The molecule has 1 aromatic heterocycles. The number of alkyl halides is 1. The first kappa shape index (κ1) is 15.4. The smallest absolute Gasteiger partial charge is 0.124 e. The zero-order chi connectivity index (χ0) is 15.0. The summed E-state index contributed by atoms with van der Waals surface area (Å²) in [4.78, 5) is 6.80. The second kappa shape index (κ2) is 6.31. The summed E-state index contributed by atoms with van der Waals surface area (Å²) >= 11 is 18.2. The molecule has 4 nitrogen and oxygen atoms in total. The predicted molar refractivity (Wildman–Crippen MR) is 86.5 cm³/mol. The van der Waals surface area contributed by atoms with Crippen LogP contribution in [0.1, 0.15) is 5.82 Å². The maximum atomic E-state index is 6.13. The maximum Gasteiger partial charge on any atom is 0.124 e. The van der Waals surface area contributed by atoms with Crippen LogP contribution >= 0.6 is 34.8 Å². The Bertz CT molecular complexity index is 658. The molecule has 1 aromatic carbocycles. The molecular formula is C14H16Cl3N3O. The van der Waals surface area contributed by atoms with Crippen molar-refractivity contribution in [3.8, 4) is 0 Å². The number of nitrogens with zero attached hydrogens (tertiary/aromatic N) is 3. The van der Waals surface area contributed by atoms with Gasteiger partial charge in [-0.1, -0.05) is 23.2 Å². The van der Waals surface area contributed by atoms with E-state index in [0.717, 1.165) is 36.6 Å². The summed E-state index contributed by atoms with van der Waals surface area (Å²) in [5, 5.41) is 1.02. The largest absolute Gasteiger partial charge is 0.374 e. The van der Waals surface area contributed by atoms with Crippen LogP contribution in [0.25, 0.3) is 11.0 Å². The van der Waals surface area contributed by atoms with Crippen LogP contribution in [0.2, 0.25) is 10.0 Å². The van der Waals surface area contributed by atoms with Gasteiger partial charge in [0.15, 0.2) is 0 Å². The molecule has 114 valence electrons. The second-order valence-electron chi connectivity index (χ2n) is 5.28. The lowest BCUT2D eigenvalue weighted by Crippen LogP contribution is -2.42. The number of hydrogen-bond acceptors (Lipinski definition) is 3. The van der Waals surface area contributed by atoms with E-state index in [0.29, 0.717) is 22.5 Å². The minimum Gasteiger partial charge on any atom is -0.374 e. The second-order valence-corrected chi connectivity index (χ2v) is 6.36. The van der Waals surface area contributed by atoms with Crippen LogP contribution in [0.4, 0.5) is 0 Å². The zero-order valence-electron chi connectivity index (χ0n) is 11.7. The number of hydrogen-bond donors (Lipinski definition) is 0. The average Bonchev–Trinajstić information content (AvgIpc) is 2.77. The maximum absolute atomic E-state index is 6.13. The highest BCUT2D eigenvalue weighted by molar-refractivity contribution is 6.42. The Morgan fingerprint density at radius 2 is 2.10 bits per heavy atom. The van der Waals surface area contributed by atoms with Crippen LogP contribution in [0.15, 0.2) is 12.1 Å². The van der Waals surface area contributed by atoms with Crippen LogP contribution < -0.4 is 0 Å². The molecule has 0 spiro atoms. The quantitative estimate of drug-likeness (QED) is 0.796. The van der Waals surface area contributed by atoms with Gasteiger partial charge in [0.1, 0.15) is 5.82 Å². The predicted octanol–water partition coefficient (Wildman–Crippen LogP) is 3.41. The minimum absolute atomic E-state index is 0.123. The fourth-order valence-corrected chi connectivity index (χ4v) is 3.18. The van der Waals surface area contributed by atoms with Gasteiger partial charge < -0.3 is 14.2 Å². The van der Waals surface area contributed by atoms with Gasteiger partial charge in [0.2, 0.25) is 0 Å². The number of morpholine rings is 1. The Balaban J connectivity index is 1.97. The molecule has 1 unspecified atom stereocenters. The van der Waals surface area contributed by atoms with E-state index < -0.39 is 0 Å². The van der Waals surface area contributed by atoms with E-state index in [-0.39, 0.29) is 6.10 Å². The third-order valence-corrected chi connectivity index (χ3v) is 4.68. The van der Waals surface area contributed by atoms with Gasteiger partial charge in [-0.25, -0.2) is 4.98 Å². The van der Waals surface area contributed by atoms with Crippen molar-refractivity contribution in [3.63, 3.8) is 0 Å². The van der Waals surface area contributed by atoms with E-state index in [9.17, 15) is 0 Å². The molecule has 1 saturated heterocycles. The van der Waals surface area contributed by atoms with Crippen LogP contribution in [0.3, 0.4) is 0 Å². The first-order chi connectivity index (χ1) is 10.1. The van der Waals surface area contributed by atoms with Crippen LogP contribution in [0, 0.1) is 0 Å². The van der Waals surface area contributed by atoms with Gasteiger partial charge in [-0.2, -0.15) is 0 Å². The molecule has 2 aromatic rings. The van der Waals surface area contributed by atoms with E-state index in [1.165, 1.54) is 0 Å². The lowest BCUT2D eigenvalue weighted by molar-refractivity contribution is -0.0272. The molecule has 1 aliphatic heterocycles. The van der Waals surface area contributed by atoms with Crippen LogP contribution in [-0.2, 0) is 17.2 Å². The number of halogens is 3. The Kier molecular flexibility index (Phi) is 4.62. The van der Waals surface area contributed by atoms with Gasteiger partial charge >= 0.3 is 0 Å². The summed E-state index contributed by atoms with van der Waals surface area (Å²) in [5.41, 5.74) is 1.75. The molecule has 0 radical (unpaired) electrons. The lowest BCUT2D eigenvalue weighted by Gasteiger charge is -2.30. The fourth-order valence-electron chi connectivity index (χ4n) is 2.66. The number of imidazole rings is 1.